The third kappa shape index (κ3) is 2.99. The Hall–Kier alpha value is -2.49. The maximum Gasteiger partial charge on any atom is 0.356 e. The van der Waals surface area contributed by atoms with E-state index in [1.807, 2.05) is 30.5 Å². The van der Waals surface area contributed by atoms with Crippen LogP contribution in [0.3, 0.4) is 0 Å². The molecule has 1 saturated heterocycles. The number of aromatic nitrogens is 1. The summed E-state index contributed by atoms with van der Waals surface area (Å²) in [6.07, 6.45) is 5.36. The first kappa shape index (κ1) is 13.5. The predicted molar refractivity (Wildman–Crippen MR) is 81.2 cm³/mol. The minimum atomic E-state index is -0.408. The highest BCUT2D eigenvalue weighted by molar-refractivity contribution is 5.94. The quantitative estimate of drug-likeness (QED) is 0.669. The summed E-state index contributed by atoms with van der Waals surface area (Å²) >= 11 is 0. The largest absolute Gasteiger partial charge is 0.433 e. The van der Waals surface area contributed by atoms with Crippen molar-refractivity contribution in [2.45, 2.75) is 26.0 Å². The molecule has 2 heterocycles. The van der Waals surface area contributed by atoms with Crippen LogP contribution in [0, 0.1) is 0 Å². The third-order valence-corrected chi connectivity index (χ3v) is 3.47. The molecule has 3 rings (SSSR count). The van der Waals surface area contributed by atoms with Crippen LogP contribution in [0.25, 0.3) is 6.08 Å². The van der Waals surface area contributed by atoms with Crippen molar-refractivity contribution >= 4 is 12.0 Å². The van der Waals surface area contributed by atoms with Crippen molar-refractivity contribution in [1.29, 1.82) is 0 Å². The van der Waals surface area contributed by atoms with Crippen molar-refractivity contribution in [3.8, 4) is 0 Å². The van der Waals surface area contributed by atoms with E-state index < -0.39 is 6.23 Å². The van der Waals surface area contributed by atoms with Gasteiger partial charge in [0.05, 0.1) is 0 Å². The highest BCUT2D eigenvalue weighted by Gasteiger charge is 2.29. The molecule has 0 spiro atoms. The van der Waals surface area contributed by atoms with Crippen molar-refractivity contribution in [2.24, 2.45) is 0 Å². The van der Waals surface area contributed by atoms with Gasteiger partial charge in [-0.2, -0.15) is 0 Å². The molecule has 1 aromatic heterocycles. The molecule has 0 amide bonds. The van der Waals surface area contributed by atoms with Crippen molar-refractivity contribution < 1.29 is 9.53 Å². The third-order valence-electron chi connectivity index (χ3n) is 3.47. The lowest BCUT2D eigenvalue weighted by Gasteiger charge is -2.10. The molecule has 1 aliphatic heterocycles. The number of benzene rings is 1. The zero-order valence-electron chi connectivity index (χ0n) is 11.9. The smallest absolute Gasteiger partial charge is 0.356 e. The average Bonchev–Trinajstić information content (AvgIpc) is 3.11. The van der Waals surface area contributed by atoms with Gasteiger partial charge in [-0.25, -0.2) is 4.79 Å². The van der Waals surface area contributed by atoms with Crippen LogP contribution < -0.4 is 5.32 Å². The molecule has 1 aliphatic rings. The van der Waals surface area contributed by atoms with E-state index in [9.17, 15) is 4.79 Å². The highest BCUT2D eigenvalue weighted by atomic mass is 16.6. The molecule has 0 aliphatic carbocycles. The van der Waals surface area contributed by atoms with Crippen LogP contribution in [0.4, 0.5) is 0 Å². The molecule has 21 heavy (non-hydrogen) atoms. The SMILES string of the molecule is CCCc1ccc(C2N/C(=C\c3ccc[nH]3)C(=O)O2)cc1. The molecule has 4 nitrogen and oxygen atoms in total. The molecule has 1 aromatic carbocycles. The van der Waals surface area contributed by atoms with Gasteiger partial charge in [-0.1, -0.05) is 37.6 Å². The summed E-state index contributed by atoms with van der Waals surface area (Å²) in [7, 11) is 0. The summed E-state index contributed by atoms with van der Waals surface area (Å²) in [4.78, 5) is 14.9. The molecule has 2 N–H and O–H groups in total. The fourth-order valence-electron chi connectivity index (χ4n) is 2.39. The van der Waals surface area contributed by atoms with Gasteiger partial charge in [-0.3, -0.25) is 0 Å². The van der Waals surface area contributed by atoms with E-state index in [2.05, 4.69) is 29.4 Å². The van der Waals surface area contributed by atoms with E-state index in [1.54, 1.807) is 6.08 Å². The lowest BCUT2D eigenvalue weighted by atomic mass is 10.1. The Balaban J connectivity index is 1.75. The van der Waals surface area contributed by atoms with Gasteiger partial charge in [0.2, 0.25) is 0 Å². The molecular formula is C17H18N2O2. The zero-order chi connectivity index (χ0) is 14.7. The first-order chi connectivity index (χ1) is 10.3. The van der Waals surface area contributed by atoms with Crippen LogP contribution in [0.2, 0.25) is 0 Å². The topological polar surface area (TPSA) is 54.1 Å². The van der Waals surface area contributed by atoms with Gasteiger partial charge < -0.3 is 15.0 Å². The molecule has 1 unspecified atom stereocenters. The Kier molecular flexibility index (Phi) is 3.77. The normalized spacial score (nSPS) is 19.6. The van der Waals surface area contributed by atoms with Gasteiger partial charge in [0.15, 0.2) is 6.23 Å². The van der Waals surface area contributed by atoms with Crippen LogP contribution in [0.1, 0.15) is 36.4 Å². The van der Waals surface area contributed by atoms with Crippen LogP contribution in [-0.2, 0) is 16.0 Å². The Morgan fingerprint density at radius 3 is 2.71 bits per heavy atom. The van der Waals surface area contributed by atoms with E-state index in [-0.39, 0.29) is 5.97 Å². The number of aryl methyl sites for hydroxylation is 1. The summed E-state index contributed by atoms with van der Waals surface area (Å²) in [5.41, 5.74) is 3.60. The molecule has 4 heteroatoms. The van der Waals surface area contributed by atoms with Gasteiger partial charge in [-0.15, -0.1) is 0 Å². The summed E-state index contributed by atoms with van der Waals surface area (Å²) in [5, 5.41) is 3.12. The molecule has 1 fully saturated rings. The van der Waals surface area contributed by atoms with E-state index >= 15 is 0 Å². The van der Waals surface area contributed by atoms with E-state index in [0.29, 0.717) is 5.70 Å². The minimum absolute atomic E-state index is 0.327. The van der Waals surface area contributed by atoms with Crippen molar-refractivity contribution in [2.75, 3.05) is 0 Å². The monoisotopic (exact) mass is 282 g/mol. The number of rotatable bonds is 4. The molecule has 0 radical (unpaired) electrons. The number of cyclic esters (lactones) is 1. The second-order valence-corrected chi connectivity index (χ2v) is 5.10. The number of carbonyl (C=O) groups is 1. The van der Waals surface area contributed by atoms with Gasteiger partial charge in [0, 0.05) is 17.5 Å². The number of aromatic amines is 1. The number of nitrogens with one attached hydrogen (secondary N) is 2. The maximum atomic E-state index is 11.9. The lowest BCUT2D eigenvalue weighted by molar-refractivity contribution is -0.139. The van der Waals surface area contributed by atoms with Gasteiger partial charge >= 0.3 is 5.97 Å². The van der Waals surface area contributed by atoms with Gasteiger partial charge in [0.1, 0.15) is 5.70 Å². The lowest BCUT2D eigenvalue weighted by Crippen LogP contribution is -2.12. The standard InChI is InChI=1S/C17H18N2O2/c1-2-4-12-6-8-13(9-7-12)16-19-15(17(20)21-16)11-14-5-3-10-18-14/h3,5-11,16,18-19H,2,4H2,1H3/b15-11-. The predicted octanol–water partition coefficient (Wildman–Crippen LogP) is 3.15. The fraction of sp³-hybridized carbons (Fsp3) is 0.235. The Bertz CT molecular complexity index is 642. The molecule has 0 saturated carbocycles. The van der Waals surface area contributed by atoms with Crippen LogP contribution in [0.15, 0.2) is 48.3 Å². The number of H-pyrrole nitrogens is 1. The average molecular weight is 282 g/mol. The van der Waals surface area contributed by atoms with Crippen molar-refractivity contribution in [3.63, 3.8) is 0 Å². The number of esters is 1. The van der Waals surface area contributed by atoms with E-state index in [0.717, 1.165) is 24.1 Å². The summed E-state index contributed by atoms with van der Waals surface area (Å²) in [5.74, 6) is -0.327. The van der Waals surface area contributed by atoms with Crippen molar-refractivity contribution in [3.05, 3.63) is 65.1 Å². The second kappa shape index (κ2) is 5.87. The number of hydrogen-bond donors (Lipinski definition) is 2. The van der Waals surface area contributed by atoms with E-state index in [1.165, 1.54) is 5.56 Å². The number of ether oxygens (including phenoxy) is 1. The molecule has 1 atom stereocenters. The second-order valence-electron chi connectivity index (χ2n) is 5.10. The van der Waals surface area contributed by atoms with Crippen molar-refractivity contribution in [1.82, 2.24) is 10.3 Å². The summed E-state index contributed by atoms with van der Waals surface area (Å²) < 4.78 is 5.38. The molecule has 2 aromatic rings. The maximum absolute atomic E-state index is 11.9. The molecule has 0 bridgehead atoms. The first-order valence-corrected chi connectivity index (χ1v) is 7.17. The Morgan fingerprint density at radius 2 is 2.05 bits per heavy atom. The van der Waals surface area contributed by atoms with Crippen LogP contribution >= 0.6 is 0 Å². The number of hydrogen-bond acceptors (Lipinski definition) is 3. The highest BCUT2D eigenvalue weighted by Crippen LogP contribution is 2.24. The van der Waals surface area contributed by atoms with Gasteiger partial charge in [-0.05, 0) is 30.2 Å². The van der Waals surface area contributed by atoms with Gasteiger partial charge in [0.25, 0.3) is 0 Å². The Labute approximate surface area is 123 Å². The number of carbonyl (C=O) groups excluding carboxylic acids is 1. The molecule has 108 valence electrons. The minimum Gasteiger partial charge on any atom is -0.433 e. The summed E-state index contributed by atoms with van der Waals surface area (Å²) in [6, 6.07) is 12.0. The zero-order valence-corrected chi connectivity index (χ0v) is 11.9. The molecular weight excluding hydrogens is 264 g/mol. The van der Waals surface area contributed by atoms with E-state index in [4.69, 9.17) is 4.74 Å². The summed E-state index contributed by atoms with van der Waals surface area (Å²) in [6.45, 7) is 2.16. The Morgan fingerprint density at radius 1 is 1.24 bits per heavy atom. The first-order valence-electron chi connectivity index (χ1n) is 7.17. The fourth-order valence-corrected chi connectivity index (χ4v) is 2.39. The van der Waals surface area contributed by atoms with Crippen LogP contribution in [0.5, 0.6) is 0 Å². The van der Waals surface area contributed by atoms with Crippen LogP contribution in [-0.4, -0.2) is 11.0 Å².